The van der Waals surface area contributed by atoms with E-state index in [4.69, 9.17) is 4.74 Å². The van der Waals surface area contributed by atoms with Gasteiger partial charge in [0.05, 0.1) is 0 Å². The van der Waals surface area contributed by atoms with Crippen LogP contribution >= 0.6 is 0 Å². The fourth-order valence-corrected chi connectivity index (χ4v) is 5.07. The summed E-state index contributed by atoms with van der Waals surface area (Å²) in [6.07, 6.45) is -1.12. The summed E-state index contributed by atoms with van der Waals surface area (Å²) >= 11 is 0. The van der Waals surface area contributed by atoms with Gasteiger partial charge in [-0.15, -0.1) is 0 Å². The number of phenols is 2. The van der Waals surface area contributed by atoms with Gasteiger partial charge in [0.1, 0.15) is 17.1 Å². The van der Waals surface area contributed by atoms with Crippen LogP contribution in [-0.2, 0) is 10.3 Å². The second kappa shape index (κ2) is 6.82. The summed E-state index contributed by atoms with van der Waals surface area (Å²) in [5.74, 6) is 0.365. The normalized spacial score (nSPS) is 17.0. The van der Waals surface area contributed by atoms with Crippen LogP contribution in [0.3, 0.4) is 0 Å². The third-order valence-corrected chi connectivity index (χ3v) is 6.46. The highest BCUT2D eigenvalue weighted by molar-refractivity contribution is 5.96. The molecule has 0 amide bonds. The molecule has 156 valence electrons. The van der Waals surface area contributed by atoms with Gasteiger partial charge in [-0.1, -0.05) is 84.9 Å². The van der Waals surface area contributed by atoms with E-state index in [-0.39, 0.29) is 11.5 Å². The van der Waals surface area contributed by atoms with Crippen LogP contribution in [0, 0.1) is 0 Å². The van der Waals surface area contributed by atoms with E-state index in [9.17, 15) is 15.3 Å². The van der Waals surface area contributed by atoms with Crippen molar-refractivity contribution in [2.24, 2.45) is 0 Å². The van der Waals surface area contributed by atoms with Crippen molar-refractivity contribution < 1.29 is 20.1 Å². The molecule has 1 unspecified atom stereocenters. The summed E-state index contributed by atoms with van der Waals surface area (Å²) in [7, 11) is 0. The predicted molar refractivity (Wildman–Crippen MR) is 124 cm³/mol. The zero-order chi connectivity index (χ0) is 21.9. The molecule has 1 heterocycles. The second-order valence-electron chi connectivity index (χ2n) is 8.09. The number of ether oxygens (including phenoxy) is 1. The van der Waals surface area contributed by atoms with Crippen LogP contribution in [0.5, 0.6) is 11.5 Å². The first-order chi connectivity index (χ1) is 15.6. The molecular formula is C28H20O4. The van der Waals surface area contributed by atoms with Crippen molar-refractivity contribution in [3.8, 4) is 11.5 Å². The Morgan fingerprint density at radius 1 is 0.531 bits per heavy atom. The molecule has 1 atom stereocenters. The van der Waals surface area contributed by atoms with Crippen molar-refractivity contribution in [1.82, 2.24) is 0 Å². The summed E-state index contributed by atoms with van der Waals surface area (Å²) < 4.78 is 6.48. The molecule has 0 saturated carbocycles. The fourth-order valence-electron chi connectivity index (χ4n) is 5.07. The Balaban J connectivity index is 1.81. The molecule has 5 aromatic carbocycles. The molecule has 32 heavy (non-hydrogen) atoms. The summed E-state index contributed by atoms with van der Waals surface area (Å²) in [4.78, 5) is 0. The molecule has 4 heteroatoms. The summed E-state index contributed by atoms with van der Waals surface area (Å²) in [6.45, 7) is 0. The zero-order valence-electron chi connectivity index (χ0n) is 17.1. The van der Waals surface area contributed by atoms with Crippen LogP contribution in [0.4, 0.5) is 0 Å². The number of aromatic hydroxyl groups is 2. The zero-order valence-corrected chi connectivity index (χ0v) is 17.1. The van der Waals surface area contributed by atoms with Crippen molar-refractivity contribution in [3.05, 3.63) is 119 Å². The van der Waals surface area contributed by atoms with Gasteiger partial charge in [0.2, 0.25) is 0 Å². The van der Waals surface area contributed by atoms with Gasteiger partial charge in [-0.3, -0.25) is 0 Å². The number of fused-ring (bicyclic) bond motifs is 3. The van der Waals surface area contributed by atoms with Gasteiger partial charge in [-0.2, -0.15) is 0 Å². The average Bonchev–Trinajstić information content (AvgIpc) is 3.13. The maximum atomic E-state index is 11.0. The molecular weight excluding hydrogens is 400 g/mol. The summed E-state index contributed by atoms with van der Waals surface area (Å²) in [5, 5.41) is 35.1. The van der Waals surface area contributed by atoms with E-state index in [1.807, 2.05) is 84.9 Å². The van der Waals surface area contributed by atoms with Crippen LogP contribution in [0.15, 0.2) is 97.1 Å². The monoisotopic (exact) mass is 420 g/mol. The number of aliphatic hydroxyl groups excluding tert-OH is 1. The van der Waals surface area contributed by atoms with Crippen LogP contribution < -0.4 is 0 Å². The van der Waals surface area contributed by atoms with Crippen molar-refractivity contribution in [2.45, 2.75) is 11.9 Å². The van der Waals surface area contributed by atoms with Crippen LogP contribution in [0.1, 0.15) is 28.5 Å². The Labute approximate surface area is 184 Å². The number of hydrogen-bond donors (Lipinski definition) is 3. The highest BCUT2D eigenvalue weighted by Gasteiger charge is 2.49. The highest BCUT2D eigenvalue weighted by Crippen LogP contribution is 2.54. The quantitative estimate of drug-likeness (QED) is 0.342. The lowest BCUT2D eigenvalue weighted by molar-refractivity contribution is -0.139. The Morgan fingerprint density at radius 2 is 1.00 bits per heavy atom. The molecule has 0 bridgehead atoms. The van der Waals surface area contributed by atoms with Crippen LogP contribution in [0.2, 0.25) is 0 Å². The molecule has 4 nitrogen and oxygen atoms in total. The number of hydrogen-bond acceptors (Lipinski definition) is 4. The lowest BCUT2D eigenvalue weighted by Crippen LogP contribution is -2.30. The van der Waals surface area contributed by atoms with E-state index in [2.05, 4.69) is 0 Å². The maximum Gasteiger partial charge on any atom is 0.183 e. The van der Waals surface area contributed by atoms with Crippen molar-refractivity contribution >= 4 is 21.5 Å². The molecule has 0 aromatic heterocycles. The van der Waals surface area contributed by atoms with Gasteiger partial charge >= 0.3 is 0 Å². The Hall–Kier alpha value is -3.86. The Bertz CT molecular complexity index is 1420. The minimum Gasteiger partial charge on any atom is -0.507 e. The molecule has 1 aliphatic rings. The van der Waals surface area contributed by atoms with Gasteiger partial charge in [-0.05, 0) is 22.9 Å². The second-order valence-corrected chi connectivity index (χ2v) is 8.09. The van der Waals surface area contributed by atoms with Crippen molar-refractivity contribution in [3.63, 3.8) is 0 Å². The number of rotatable bonds is 2. The van der Waals surface area contributed by atoms with E-state index >= 15 is 0 Å². The topological polar surface area (TPSA) is 69.9 Å². The minimum atomic E-state index is -1.14. The molecule has 3 N–H and O–H groups in total. The minimum absolute atomic E-state index is 0.182. The van der Waals surface area contributed by atoms with Gasteiger partial charge in [0, 0.05) is 33.0 Å². The number of benzene rings is 5. The standard InChI is InChI=1S/C28H20O4/c29-25-15-13-23(17-7-1-3-9-19(17)25)28(22-12-6-5-11-21(22)27(31)32-28)24-14-16-26(30)20-10-4-2-8-18(20)24/h1-16,27,29-31H. The van der Waals surface area contributed by atoms with Gasteiger partial charge < -0.3 is 20.1 Å². The molecule has 6 rings (SSSR count). The lowest BCUT2D eigenvalue weighted by atomic mass is 9.76. The van der Waals surface area contributed by atoms with Crippen molar-refractivity contribution in [2.75, 3.05) is 0 Å². The molecule has 0 fully saturated rings. The first-order valence-corrected chi connectivity index (χ1v) is 10.5. The predicted octanol–water partition coefficient (Wildman–Crippen LogP) is 5.72. The van der Waals surface area contributed by atoms with E-state index < -0.39 is 11.9 Å². The van der Waals surface area contributed by atoms with Gasteiger partial charge in [0.25, 0.3) is 0 Å². The third kappa shape index (κ3) is 2.45. The summed E-state index contributed by atoms with van der Waals surface area (Å²) in [5.41, 5.74) is 2.01. The largest absolute Gasteiger partial charge is 0.507 e. The molecule has 0 saturated heterocycles. The Kier molecular flexibility index (Phi) is 4.02. The fraction of sp³-hybridized carbons (Fsp3) is 0.0714. The third-order valence-electron chi connectivity index (χ3n) is 6.46. The van der Waals surface area contributed by atoms with Gasteiger partial charge in [-0.25, -0.2) is 0 Å². The van der Waals surface area contributed by atoms with Gasteiger partial charge in [0.15, 0.2) is 6.29 Å². The SMILES string of the molecule is Oc1ccc(C2(c3ccc(O)c4ccccc34)OC(O)c3ccccc32)c2ccccc12. The summed E-state index contributed by atoms with van der Waals surface area (Å²) in [6, 6.07) is 29.9. The average molecular weight is 420 g/mol. The first kappa shape index (κ1) is 18.9. The van der Waals surface area contributed by atoms with Crippen molar-refractivity contribution in [1.29, 1.82) is 0 Å². The van der Waals surface area contributed by atoms with Crippen LogP contribution in [0.25, 0.3) is 21.5 Å². The van der Waals surface area contributed by atoms with E-state index in [0.717, 1.165) is 27.5 Å². The molecule has 0 aliphatic carbocycles. The Morgan fingerprint density at radius 3 is 1.56 bits per heavy atom. The molecule has 1 aliphatic heterocycles. The molecule has 0 radical (unpaired) electrons. The smallest absolute Gasteiger partial charge is 0.183 e. The number of phenolic OH excluding ortho intramolecular Hbond substituents is 2. The first-order valence-electron chi connectivity index (χ1n) is 10.5. The number of aliphatic hydroxyl groups is 1. The van der Waals surface area contributed by atoms with E-state index in [1.165, 1.54) is 0 Å². The lowest BCUT2D eigenvalue weighted by Gasteiger charge is -2.33. The highest BCUT2D eigenvalue weighted by atomic mass is 16.6. The maximum absolute atomic E-state index is 11.0. The van der Waals surface area contributed by atoms with E-state index in [1.54, 1.807) is 12.1 Å². The van der Waals surface area contributed by atoms with E-state index in [0.29, 0.717) is 16.3 Å². The molecule has 0 spiro atoms. The van der Waals surface area contributed by atoms with Crippen LogP contribution in [-0.4, -0.2) is 15.3 Å². The molecule has 5 aromatic rings.